The second-order valence-electron chi connectivity index (χ2n) is 3.39. The molecule has 1 saturated heterocycles. The van der Waals surface area contributed by atoms with Gasteiger partial charge in [0.25, 0.3) is 0 Å². The van der Waals surface area contributed by atoms with Crippen LogP contribution in [0.2, 0.25) is 0 Å². The number of aryl methyl sites for hydroxylation is 1. The number of rotatable bonds is 1. The molecule has 2 heterocycles. The van der Waals surface area contributed by atoms with Crippen LogP contribution in [0.15, 0.2) is 12.4 Å². The maximum Gasteiger partial charge on any atom is 0.225 e. The first-order chi connectivity index (χ1) is 6.77. The predicted octanol–water partition coefficient (Wildman–Crippen LogP) is 2.41. The van der Waals surface area contributed by atoms with E-state index < -0.39 is 0 Å². The summed E-state index contributed by atoms with van der Waals surface area (Å²) in [6.45, 7) is 9.31. The number of anilines is 1. The van der Waals surface area contributed by atoms with Crippen LogP contribution in [0.5, 0.6) is 0 Å². The third-order valence-corrected chi connectivity index (χ3v) is 2.34. The van der Waals surface area contributed by atoms with Gasteiger partial charge in [0.2, 0.25) is 5.95 Å². The Labute approximate surface area is 86.2 Å². The summed E-state index contributed by atoms with van der Waals surface area (Å²) in [5.74, 6) is 0.874. The zero-order chi connectivity index (χ0) is 10.6. The lowest BCUT2D eigenvalue weighted by Gasteiger charge is -2.38. The van der Waals surface area contributed by atoms with Crippen LogP contribution in [-0.2, 0) is 0 Å². The minimum atomic E-state index is 0.618. The van der Waals surface area contributed by atoms with E-state index in [2.05, 4.69) is 21.8 Å². The van der Waals surface area contributed by atoms with Gasteiger partial charge in [-0.05, 0) is 25.8 Å². The van der Waals surface area contributed by atoms with E-state index >= 15 is 0 Å². The van der Waals surface area contributed by atoms with Gasteiger partial charge in [0.15, 0.2) is 0 Å². The summed E-state index contributed by atoms with van der Waals surface area (Å²) in [5, 5.41) is 0. The second kappa shape index (κ2) is 4.94. The van der Waals surface area contributed by atoms with Crippen LogP contribution in [-0.4, -0.2) is 22.6 Å². The summed E-state index contributed by atoms with van der Waals surface area (Å²) >= 11 is 0. The molecule has 1 aliphatic heterocycles. The first-order valence-corrected chi connectivity index (χ1v) is 5.32. The van der Waals surface area contributed by atoms with Crippen LogP contribution in [0.25, 0.3) is 0 Å². The quantitative estimate of drug-likeness (QED) is 0.686. The number of hydrogen-bond donors (Lipinski definition) is 0. The minimum absolute atomic E-state index is 0.618. The monoisotopic (exact) mass is 193 g/mol. The van der Waals surface area contributed by atoms with Gasteiger partial charge in [0.1, 0.15) is 0 Å². The van der Waals surface area contributed by atoms with Crippen LogP contribution in [0.4, 0.5) is 5.95 Å². The van der Waals surface area contributed by atoms with Crippen molar-refractivity contribution in [2.24, 2.45) is 0 Å². The molecule has 14 heavy (non-hydrogen) atoms. The largest absolute Gasteiger partial charge is 0.338 e. The highest BCUT2D eigenvalue weighted by atomic mass is 15.3. The van der Waals surface area contributed by atoms with E-state index in [1.165, 1.54) is 6.42 Å². The van der Waals surface area contributed by atoms with Gasteiger partial charge in [-0.25, -0.2) is 9.97 Å². The summed E-state index contributed by atoms with van der Waals surface area (Å²) in [5.41, 5.74) is 1.12. The van der Waals surface area contributed by atoms with Gasteiger partial charge in [0, 0.05) is 25.0 Å². The maximum absolute atomic E-state index is 4.27. The molecular formula is C11H19N3. The van der Waals surface area contributed by atoms with Gasteiger partial charge in [-0.1, -0.05) is 13.8 Å². The van der Waals surface area contributed by atoms with Crippen LogP contribution in [0.1, 0.15) is 32.8 Å². The topological polar surface area (TPSA) is 29.0 Å². The van der Waals surface area contributed by atoms with Crippen molar-refractivity contribution in [3.05, 3.63) is 18.0 Å². The van der Waals surface area contributed by atoms with Gasteiger partial charge >= 0.3 is 0 Å². The Kier molecular flexibility index (Phi) is 3.86. The Morgan fingerprint density at radius 2 is 1.86 bits per heavy atom. The normalized spacial score (nSPS) is 19.4. The molecule has 78 valence electrons. The number of hydrogen-bond acceptors (Lipinski definition) is 3. The minimum Gasteiger partial charge on any atom is -0.338 e. The molecule has 0 spiro atoms. The van der Waals surface area contributed by atoms with Gasteiger partial charge in [-0.3, -0.25) is 0 Å². The van der Waals surface area contributed by atoms with E-state index in [1.807, 2.05) is 33.2 Å². The third kappa shape index (κ3) is 2.22. The molecule has 0 amide bonds. The first-order valence-electron chi connectivity index (χ1n) is 5.32. The summed E-state index contributed by atoms with van der Waals surface area (Å²) in [6, 6.07) is 0.618. The Bertz CT molecular complexity index is 268. The molecule has 0 bridgehead atoms. The molecule has 0 aromatic carbocycles. The average Bonchev–Trinajstić information content (AvgIpc) is 2.22. The molecule has 1 unspecified atom stereocenters. The van der Waals surface area contributed by atoms with E-state index in [0.717, 1.165) is 18.1 Å². The van der Waals surface area contributed by atoms with Crippen molar-refractivity contribution in [1.82, 2.24) is 9.97 Å². The lowest BCUT2D eigenvalue weighted by atomic mass is 10.1. The van der Waals surface area contributed by atoms with Crippen LogP contribution < -0.4 is 4.90 Å². The van der Waals surface area contributed by atoms with Crippen molar-refractivity contribution in [3.63, 3.8) is 0 Å². The lowest BCUT2D eigenvalue weighted by molar-refractivity contribution is 0.470. The Morgan fingerprint density at radius 3 is 2.21 bits per heavy atom. The Balaban J connectivity index is 0.000000461. The Morgan fingerprint density at radius 1 is 1.29 bits per heavy atom. The fourth-order valence-electron chi connectivity index (χ4n) is 1.35. The highest BCUT2D eigenvalue weighted by Gasteiger charge is 2.25. The molecule has 3 heteroatoms. The van der Waals surface area contributed by atoms with Crippen LogP contribution in [0, 0.1) is 6.92 Å². The van der Waals surface area contributed by atoms with E-state index in [-0.39, 0.29) is 0 Å². The number of aromatic nitrogens is 2. The van der Waals surface area contributed by atoms with E-state index in [4.69, 9.17) is 0 Å². The van der Waals surface area contributed by atoms with Crippen molar-refractivity contribution < 1.29 is 0 Å². The molecule has 1 aromatic rings. The van der Waals surface area contributed by atoms with Crippen molar-refractivity contribution in [2.75, 3.05) is 11.4 Å². The third-order valence-electron chi connectivity index (χ3n) is 2.34. The smallest absolute Gasteiger partial charge is 0.225 e. The SMILES string of the molecule is CC.Cc1cnc(N2CCC2C)nc1. The van der Waals surface area contributed by atoms with Gasteiger partial charge < -0.3 is 4.90 Å². The molecule has 2 rings (SSSR count). The highest BCUT2D eigenvalue weighted by molar-refractivity contribution is 5.34. The summed E-state index contributed by atoms with van der Waals surface area (Å²) < 4.78 is 0. The van der Waals surface area contributed by atoms with Crippen LogP contribution >= 0.6 is 0 Å². The molecule has 1 fully saturated rings. The fraction of sp³-hybridized carbons (Fsp3) is 0.636. The summed E-state index contributed by atoms with van der Waals surface area (Å²) in [6.07, 6.45) is 5.00. The van der Waals surface area contributed by atoms with E-state index in [9.17, 15) is 0 Å². The van der Waals surface area contributed by atoms with Gasteiger partial charge in [0.05, 0.1) is 0 Å². The first kappa shape index (κ1) is 11.0. The highest BCUT2D eigenvalue weighted by Crippen LogP contribution is 2.21. The summed E-state index contributed by atoms with van der Waals surface area (Å²) in [7, 11) is 0. The molecule has 0 saturated carbocycles. The maximum atomic E-state index is 4.27. The Hall–Kier alpha value is -1.12. The number of nitrogens with zero attached hydrogens (tertiary/aromatic N) is 3. The average molecular weight is 193 g/mol. The van der Waals surface area contributed by atoms with Crippen LogP contribution in [0.3, 0.4) is 0 Å². The standard InChI is InChI=1S/C9H13N3.C2H6/c1-7-5-10-9(11-6-7)12-4-3-8(12)2;1-2/h5-6,8H,3-4H2,1-2H3;1-2H3. The van der Waals surface area contributed by atoms with Crippen molar-refractivity contribution in [3.8, 4) is 0 Å². The van der Waals surface area contributed by atoms with Crippen molar-refractivity contribution in [2.45, 2.75) is 40.2 Å². The molecule has 1 aromatic heterocycles. The molecular weight excluding hydrogens is 174 g/mol. The lowest BCUT2D eigenvalue weighted by Crippen LogP contribution is -2.46. The second-order valence-corrected chi connectivity index (χ2v) is 3.39. The van der Waals surface area contributed by atoms with Gasteiger partial charge in [-0.15, -0.1) is 0 Å². The molecule has 1 aliphatic rings. The van der Waals surface area contributed by atoms with E-state index in [1.54, 1.807) is 0 Å². The molecule has 0 radical (unpaired) electrons. The molecule has 1 atom stereocenters. The van der Waals surface area contributed by atoms with Crippen molar-refractivity contribution >= 4 is 5.95 Å². The van der Waals surface area contributed by atoms with Crippen molar-refractivity contribution in [1.29, 1.82) is 0 Å². The molecule has 0 N–H and O–H groups in total. The van der Waals surface area contributed by atoms with E-state index in [0.29, 0.717) is 6.04 Å². The predicted molar refractivity (Wildman–Crippen MR) is 59.5 cm³/mol. The van der Waals surface area contributed by atoms with Gasteiger partial charge in [-0.2, -0.15) is 0 Å². The molecule has 3 nitrogen and oxygen atoms in total. The molecule has 0 aliphatic carbocycles. The fourth-order valence-corrected chi connectivity index (χ4v) is 1.35. The summed E-state index contributed by atoms with van der Waals surface area (Å²) in [4.78, 5) is 10.8. The zero-order valence-electron chi connectivity index (χ0n) is 9.49. The zero-order valence-corrected chi connectivity index (χ0v) is 9.49.